The second-order valence-corrected chi connectivity index (χ2v) is 6.29. The van der Waals surface area contributed by atoms with Crippen LogP contribution in [0.3, 0.4) is 0 Å². The van der Waals surface area contributed by atoms with Crippen LogP contribution in [-0.4, -0.2) is 37.1 Å². The number of amides is 1. The number of aryl methyl sites for hydroxylation is 1. The minimum atomic E-state index is -0.0701. The second-order valence-electron chi connectivity index (χ2n) is 5.29. The first-order valence-corrected chi connectivity index (χ1v) is 8.53. The molecule has 0 aliphatic heterocycles. The Bertz CT molecular complexity index is 662. The van der Waals surface area contributed by atoms with Crippen molar-refractivity contribution < 1.29 is 9.53 Å². The zero-order chi connectivity index (χ0) is 16.8. The maximum atomic E-state index is 12.3. The molecule has 8 heteroatoms. The summed E-state index contributed by atoms with van der Waals surface area (Å²) >= 11 is 1.41. The highest BCUT2D eigenvalue weighted by Crippen LogP contribution is 2.29. The summed E-state index contributed by atoms with van der Waals surface area (Å²) in [7, 11) is 1.87. The molecule has 1 unspecified atom stereocenters. The van der Waals surface area contributed by atoms with E-state index in [9.17, 15) is 4.79 Å². The van der Waals surface area contributed by atoms with Gasteiger partial charge in [0, 0.05) is 18.2 Å². The number of nitrogens with one attached hydrogen (secondary N) is 2. The number of aromatic nitrogens is 1. The van der Waals surface area contributed by atoms with E-state index >= 15 is 0 Å². The van der Waals surface area contributed by atoms with Gasteiger partial charge < -0.3 is 15.4 Å². The van der Waals surface area contributed by atoms with Gasteiger partial charge in [0.1, 0.15) is 15.6 Å². The van der Waals surface area contributed by atoms with Gasteiger partial charge in [-0.2, -0.15) is 0 Å². The van der Waals surface area contributed by atoms with E-state index in [2.05, 4.69) is 15.6 Å². The van der Waals surface area contributed by atoms with Gasteiger partial charge >= 0.3 is 0 Å². The molecule has 0 spiro atoms. The fourth-order valence-corrected chi connectivity index (χ4v) is 3.01. The molecule has 0 saturated carbocycles. The van der Waals surface area contributed by atoms with Crippen molar-refractivity contribution in [2.45, 2.75) is 26.8 Å². The van der Waals surface area contributed by atoms with E-state index in [0.717, 1.165) is 22.0 Å². The molecule has 1 atom stereocenters. The fraction of sp³-hybridized carbons (Fsp3) is 0.412. The Balaban J connectivity index is 0.00000288. The van der Waals surface area contributed by atoms with Crippen molar-refractivity contribution in [2.24, 2.45) is 0 Å². The van der Waals surface area contributed by atoms with E-state index in [4.69, 9.17) is 4.74 Å². The van der Waals surface area contributed by atoms with E-state index in [0.29, 0.717) is 18.0 Å². The second kappa shape index (κ2) is 11.3. The highest BCUT2D eigenvalue weighted by molar-refractivity contribution is 7.17. The number of hydrogen-bond acceptors (Lipinski definition) is 5. The third-order valence-corrected chi connectivity index (χ3v) is 4.68. The van der Waals surface area contributed by atoms with Crippen LogP contribution >= 0.6 is 36.2 Å². The molecule has 2 N–H and O–H groups in total. The number of halogens is 2. The molecule has 5 nitrogen and oxygen atoms in total. The minimum absolute atomic E-state index is 0. The molecule has 1 aromatic heterocycles. The van der Waals surface area contributed by atoms with Crippen LogP contribution in [0.2, 0.25) is 0 Å². The summed E-state index contributed by atoms with van der Waals surface area (Å²) in [6.45, 7) is 7.07. The predicted octanol–water partition coefficient (Wildman–Crippen LogP) is 3.70. The number of benzene rings is 1. The molecule has 140 valence electrons. The topological polar surface area (TPSA) is 63.2 Å². The minimum Gasteiger partial charge on any atom is -0.494 e. The molecule has 0 radical (unpaired) electrons. The van der Waals surface area contributed by atoms with Crippen LogP contribution in [-0.2, 0) is 0 Å². The molecule has 0 fully saturated rings. The summed E-state index contributed by atoms with van der Waals surface area (Å²) < 4.78 is 5.44. The summed E-state index contributed by atoms with van der Waals surface area (Å²) in [5, 5.41) is 6.87. The van der Waals surface area contributed by atoms with E-state index in [-0.39, 0.29) is 36.8 Å². The lowest BCUT2D eigenvalue weighted by atomic mass is 10.2. The van der Waals surface area contributed by atoms with Crippen LogP contribution < -0.4 is 15.4 Å². The van der Waals surface area contributed by atoms with Crippen LogP contribution in [0, 0.1) is 6.92 Å². The lowest BCUT2D eigenvalue weighted by molar-refractivity contribution is 0.0954. The Morgan fingerprint density at radius 1 is 1.28 bits per heavy atom. The summed E-state index contributed by atoms with van der Waals surface area (Å²) in [4.78, 5) is 17.5. The van der Waals surface area contributed by atoms with Crippen molar-refractivity contribution in [2.75, 3.05) is 20.2 Å². The Hall–Kier alpha value is -1.34. The number of likely N-dealkylation sites (N-methyl/N-ethyl adjacent to an activating group) is 1. The molecule has 1 amide bonds. The monoisotopic (exact) mass is 405 g/mol. The SMILES string of the molecule is CCOc1ccc(-c2nc(C)c(C(=O)NCC(C)NC)s2)cc1.Cl.Cl. The number of hydrogen-bond donors (Lipinski definition) is 2. The van der Waals surface area contributed by atoms with Gasteiger partial charge in [0.2, 0.25) is 0 Å². The van der Waals surface area contributed by atoms with Crippen LogP contribution in [0.25, 0.3) is 10.6 Å². The fourth-order valence-electron chi connectivity index (χ4n) is 2.02. The maximum absolute atomic E-state index is 12.3. The molecule has 25 heavy (non-hydrogen) atoms. The zero-order valence-electron chi connectivity index (χ0n) is 14.8. The number of carbonyl (C=O) groups is 1. The van der Waals surface area contributed by atoms with Crippen LogP contribution in [0.5, 0.6) is 5.75 Å². The van der Waals surface area contributed by atoms with Crippen molar-refractivity contribution in [3.63, 3.8) is 0 Å². The standard InChI is InChI=1S/C17H23N3O2S.2ClH/c1-5-22-14-8-6-13(7-9-14)17-20-12(3)15(23-17)16(21)19-10-11(2)18-4;;/h6-9,11,18H,5,10H2,1-4H3,(H,19,21);2*1H. The highest BCUT2D eigenvalue weighted by Gasteiger charge is 2.16. The predicted molar refractivity (Wildman–Crippen MR) is 109 cm³/mol. The Morgan fingerprint density at radius 3 is 2.48 bits per heavy atom. The molecular weight excluding hydrogens is 381 g/mol. The third-order valence-electron chi connectivity index (χ3n) is 3.48. The molecule has 0 aliphatic carbocycles. The van der Waals surface area contributed by atoms with Crippen LogP contribution in [0.15, 0.2) is 24.3 Å². The summed E-state index contributed by atoms with van der Waals surface area (Å²) in [6.07, 6.45) is 0. The summed E-state index contributed by atoms with van der Waals surface area (Å²) in [5.41, 5.74) is 1.75. The summed E-state index contributed by atoms with van der Waals surface area (Å²) in [5.74, 6) is 0.767. The normalized spacial score (nSPS) is 11.0. The lowest BCUT2D eigenvalue weighted by Gasteiger charge is -2.10. The van der Waals surface area contributed by atoms with Crippen molar-refractivity contribution in [3.8, 4) is 16.3 Å². The molecular formula is C17H25Cl2N3O2S. The van der Waals surface area contributed by atoms with Gasteiger partial charge in [-0.1, -0.05) is 0 Å². The molecule has 2 aromatic rings. The van der Waals surface area contributed by atoms with Gasteiger partial charge in [-0.3, -0.25) is 4.79 Å². The Kier molecular flexibility index (Phi) is 10.7. The average Bonchev–Trinajstić information content (AvgIpc) is 2.95. The largest absolute Gasteiger partial charge is 0.494 e. The van der Waals surface area contributed by atoms with Gasteiger partial charge in [0.15, 0.2) is 0 Å². The van der Waals surface area contributed by atoms with Crippen molar-refractivity contribution in [1.29, 1.82) is 0 Å². The molecule has 0 aliphatic rings. The van der Waals surface area contributed by atoms with Crippen molar-refractivity contribution in [3.05, 3.63) is 34.8 Å². The Morgan fingerprint density at radius 2 is 1.92 bits per heavy atom. The van der Waals surface area contributed by atoms with E-state index in [1.54, 1.807) is 0 Å². The average molecular weight is 406 g/mol. The maximum Gasteiger partial charge on any atom is 0.263 e. The molecule has 2 rings (SSSR count). The quantitative estimate of drug-likeness (QED) is 0.736. The van der Waals surface area contributed by atoms with Gasteiger partial charge in [-0.15, -0.1) is 36.2 Å². The summed E-state index contributed by atoms with van der Waals surface area (Å²) in [6, 6.07) is 8.01. The van der Waals surface area contributed by atoms with Gasteiger partial charge in [0.25, 0.3) is 5.91 Å². The van der Waals surface area contributed by atoms with E-state index in [1.165, 1.54) is 11.3 Å². The molecule has 0 saturated heterocycles. The van der Waals surface area contributed by atoms with E-state index < -0.39 is 0 Å². The molecule has 1 heterocycles. The van der Waals surface area contributed by atoms with Gasteiger partial charge in [0.05, 0.1) is 12.3 Å². The van der Waals surface area contributed by atoms with Crippen molar-refractivity contribution in [1.82, 2.24) is 15.6 Å². The Labute approximate surface area is 165 Å². The van der Waals surface area contributed by atoms with Crippen molar-refractivity contribution >= 4 is 42.1 Å². The number of rotatable bonds is 7. The number of carbonyl (C=O) groups excluding carboxylic acids is 1. The van der Waals surface area contributed by atoms with Gasteiger partial charge in [-0.05, 0) is 52.1 Å². The number of nitrogens with zero attached hydrogens (tertiary/aromatic N) is 1. The molecule has 0 bridgehead atoms. The third kappa shape index (κ3) is 6.47. The number of ether oxygens (including phenoxy) is 1. The zero-order valence-corrected chi connectivity index (χ0v) is 17.2. The highest BCUT2D eigenvalue weighted by atomic mass is 35.5. The first-order chi connectivity index (χ1) is 11.0. The van der Waals surface area contributed by atoms with E-state index in [1.807, 2.05) is 52.1 Å². The smallest absolute Gasteiger partial charge is 0.263 e. The number of thiazole rings is 1. The van der Waals surface area contributed by atoms with Gasteiger partial charge in [-0.25, -0.2) is 4.98 Å². The lowest BCUT2D eigenvalue weighted by Crippen LogP contribution is -2.37. The first kappa shape index (κ1) is 23.7. The molecule has 1 aromatic carbocycles. The van der Waals surface area contributed by atoms with Crippen LogP contribution in [0.4, 0.5) is 0 Å². The first-order valence-electron chi connectivity index (χ1n) is 7.71. The van der Waals surface area contributed by atoms with Crippen LogP contribution in [0.1, 0.15) is 29.2 Å².